The number of rotatable bonds is 10. The van der Waals surface area contributed by atoms with Crippen LogP contribution in [0.1, 0.15) is 38.8 Å². The highest BCUT2D eigenvalue weighted by Crippen LogP contribution is 2.32. The van der Waals surface area contributed by atoms with Crippen LogP contribution in [0, 0.1) is 0 Å². The second-order valence-electron chi connectivity index (χ2n) is 7.68. The number of thioether (sulfide) groups is 1. The summed E-state index contributed by atoms with van der Waals surface area (Å²) < 4.78 is 27.5. The minimum Gasteiger partial charge on any atom is -0.370 e. The monoisotopic (exact) mass is 476 g/mol. The Morgan fingerprint density at radius 2 is 1.88 bits per heavy atom. The van der Waals surface area contributed by atoms with Crippen LogP contribution in [-0.2, 0) is 20.6 Å². The van der Waals surface area contributed by atoms with E-state index in [2.05, 4.69) is 15.2 Å². The van der Waals surface area contributed by atoms with Crippen LogP contribution in [0.2, 0.25) is 0 Å². The van der Waals surface area contributed by atoms with Crippen LogP contribution in [0.4, 0.5) is 11.4 Å². The molecule has 2 heterocycles. The third kappa shape index (κ3) is 6.24. The van der Waals surface area contributed by atoms with Crippen LogP contribution in [0.3, 0.4) is 0 Å². The van der Waals surface area contributed by atoms with Crippen molar-refractivity contribution in [2.45, 2.75) is 43.8 Å². The van der Waals surface area contributed by atoms with E-state index in [0.717, 1.165) is 37.3 Å². The van der Waals surface area contributed by atoms with E-state index in [0.29, 0.717) is 24.5 Å². The second kappa shape index (κ2) is 11.7. The molecule has 0 unspecified atom stereocenters. The van der Waals surface area contributed by atoms with Gasteiger partial charge in [0.15, 0.2) is 0 Å². The van der Waals surface area contributed by atoms with Crippen molar-refractivity contribution >= 4 is 39.1 Å². The molecule has 2 aromatic rings. The average molecular weight is 477 g/mol. The van der Waals surface area contributed by atoms with Gasteiger partial charge in [-0.1, -0.05) is 19.9 Å². The number of carbonyl (C=O) groups excluding carboxylic acids is 1. The van der Waals surface area contributed by atoms with Crippen molar-refractivity contribution in [2.24, 2.45) is 0 Å². The number of nitrogens with zero attached hydrogens (tertiary/aromatic N) is 3. The summed E-state index contributed by atoms with van der Waals surface area (Å²) >= 11 is 1.48. The molecule has 0 bridgehead atoms. The molecule has 9 heteroatoms. The fourth-order valence-electron chi connectivity index (χ4n) is 3.82. The van der Waals surface area contributed by atoms with Crippen molar-refractivity contribution in [2.75, 3.05) is 42.1 Å². The van der Waals surface area contributed by atoms with Gasteiger partial charge < -0.3 is 10.2 Å². The van der Waals surface area contributed by atoms with Gasteiger partial charge in [0.25, 0.3) is 0 Å². The van der Waals surface area contributed by atoms with Gasteiger partial charge >= 0.3 is 0 Å². The summed E-state index contributed by atoms with van der Waals surface area (Å²) in [6, 6.07) is 10.8. The van der Waals surface area contributed by atoms with Crippen molar-refractivity contribution in [3.8, 4) is 0 Å². The number of anilines is 2. The van der Waals surface area contributed by atoms with Crippen LogP contribution in [0.5, 0.6) is 0 Å². The van der Waals surface area contributed by atoms with Crippen molar-refractivity contribution in [3.63, 3.8) is 0 Å². The average Bonchev–Trinajstić information content (AvgIpc) is 2.81. The normalized spacial score (nSPS) is 14.5. The van der Waals surface area contributed by atoms with Gasteiger partial charge in [0.05, 0.1) is 27.7 Å². The minimum atomic E-state index is -3.61. The summed E-state index contributed by atoms with van der Waals surface area (Å²) in [6.07, 6.45) is 5.11. The van der Waals surface area contributed by atoms with Gasteiger partial charge in [-0.15, -0.1) is 11.8 Å². The summed E-state index contributed by atoms with van der Waals surface area (Å²) in [5.41, 5.74) is 2.36. The van der Waals surface area contributed by atoms with E-state index >= 15 is 0 Å². The molecule has 174 valence electrons. The molecule has 7 nitrogen and oxygen atoms in total. The molecular formula is C23H32N4O3S2. The highest BCUT2D eigenvalue weighted by molar-refractivity contribution is 7.99. The third-order valence-electron chi connectivity index (χ3n) is 5.49. The smallest absolute Gasteiger partial charge is 0.243 e. The Hall–Kier alpha value is -2.10. The van der Waals surface area contributed by atoms with Gasteiger partial charge in [-0.05, 0) is 49.6 Å². The first-order chi connectivity index (χ1) is 15.5. The number of nitrogens with one attached hydrogen (secondary N) is 1. The molecule has 0 atom stereocenters. The summed E-state index contributed by atoms with van der Waals surface area (Å²) in [4.78, 5) is 19.4. The zero-order valence-corrected chi connectivity index (χ0v) is 20.4. The lowest BCUT2D eigenvalue weighted by molar-refractivity contribution is -0.113. The number of sulfonamides is 1. The lowest BCUT2D eigenvalue weighted by Gasteiger charge is -2.31. The fraction of sp³-hybridized carbons (Fsp3) is 0.478. The first-order valence-electron chi connectivity index (χ1n) is 11.1. The Balaban J connectivity index is 1.79. The molecule has 1 aliphatic heterocycles. The number of amides is 1. The summed E-state index contributed by atoms with van der Waals surface area (Å²) in [7, 11) is -3.61. The maximum absolute atomic E-state index is 13.0. The molecule has 32 heavy (non-hydrogen) atoms. The quantitative estimate of drug-likeness (QED) is 0.559. The molecule has 1 aromatic heterocycles. The highest BCUT2D eigenvalue weighted by Gasteiger charge is 2.24. The van der Waals surface area contributed by atoms with Gasteiger partial charge in [0, 0.05) is 38.1 Å². The number of aromatic nitrogens is 1. The Morgan fingerprint density at radius 1 is 1.12 bits per heavy atom. The Labute approximate surface area is 195 Å². The molecule has 0 radical (unpaired) electrons. The lowest BCUT2D eigenvalue weighted by atomic mass is 10.1. The number of pyridine rings is 1. The molecule has 1 aliphatic rings. The summed E-state index contributed by atoms with van der Waals surface area (Å²) in [6.45, 7) is 6.26. The van der Waals surface area contributed by atoms with Crippen LogP contribution in [-0.4, -0.2) is 55.5 Å². The van der Waals surface area contributed by atoms with Crippen molar-refractivity contribution in [1.82, 2.24) is 9.29 Å². The predicted molar refractivity (Wildman–Crippen MR) is 132 cm³/mol. The third-order valence-corrected chi connectivity index (χ3v) is 8.50. The molecule has 0 spiro atoms. The molecule has 1 fully saturated rings. The predicted octanol–water partition coefficient (Wildman–Crippen LogP) is 3.97. The molecule has 1 aromatic carbocycles. The molecule has 1 N–H and O–H groups in total. The number of hydrogen-bond donors (Lipinski definition) is 1. The topological polar surface area (TPSA) is 82.6 Å². The van der Waals surface area contributed by atoms with Crippen LogP contribution in [0.25, 0.3) is 0 Å². The van der Waals surface area contributed by atoms with Crippen LogP contribution in [0.15, 0.2) is 47.5 Å². The summed E-state index contributed by atoms with van der Waals surface area (Å²) in [5.74, 6) is 0.758. The van der Waals surface area contributed by atoms with Gasteiger partial charge in [0.2, 0.25) is 15.9 Å². The number of hydrogen-bond acceptors (Lipinski definition) is 6. The van der Waals surface area contributed by atoms with Crippen LogP contribution < -0.4 is 10.2 Å². The first kappa shape index (κ1) is 24.5. The standard InChI is InChI=1S/C23H32N4O3S2/c1-3-27(4-2)32(29,30)20-11-12-22(26-14-8-5-9-15-26)21(16-20)25-23(28)18-31-17-19-10-6-7-13-24-19/h6-7,10-13,16H,3-5,8-9,14-15,17-18H2,1-2H3,(H,25,28). The maximum Gasteiger partial charge on any atom is 0.243 e. The second-order valence-corrected chi connectivity index (χ2v) is 10.6. The maximum atomic E-state index is 13.0. The van der Waals surface area contributed by atoms with Gasteiger partial charge in [0.1, 0.15) is 0 Å². The SMILES string of the molecule is CCN(CC)S(=O)(=O)c1ccc(N2CCCCC2)c(NC(=O)CSCc2ccccn2)c1. The van der Waals surface area contributed by atoms with E-state index in [1.807, 2.05) is 38.1 Å². The van der Waals surface area contributed by atoms with Crippen molar-refractivity contribution in [3.05, 3.63) is 48.3 Å². The molecule has 1 saturated heterocycles. The lowest BCUT2D eigenvalue weighted by Crippen LogP contribution is -2.32. The van der Waals surface area contributed by atoms with Gasteiger partial charge in [-0.2, -0.15) is 4.31 Å². The van der Waals surface area contributed by atoms with E-state index in [1.54, 1.807) is 18.3 Å². The van der Waals surface area contributed by atoms with E-state index < -0.39 is 10.0 Å². The first-order valence-corrected chi connectivity index (χ1v) is 13.7. The minimum absolute atomic E-state index is 0.151. The largest absolute Gasteiger partial charge is 0.370 e. The van der Waals surface area contributed by atoms with Gasteiger partial charge in [-0.3, -0.25) is 9.78 Å². The highest BCUT2D eigenvalue weighted by atomic mass is 32.2. The van der Waals surface area contributed by atoms with Crippen molar-refractivity contribution in [1.29, 1.82) is 0 Å². The molecule has 0 aliphatic carbocycles. The molecule has 1 amide bonds. The van der Waals surface area contributed by atoms with Crippen LogP contribution >= 0.6 is 11.8 Å². The molecule has 0 saturated carbocycles. The molecule has 3 rings (SSSR count). The van der Waals surface area contributed by atoms with E-state index in [1.165, 1.54) is 22.5 Å². The van der Waals surface area contributed by atoms with E-state index in [9.17, 15) is 13.2 Å². The van der Waals surface area contributed by atoms with Gasteiger partial charge in [-0.25, -0.2) is 8.42 Å². The number of piperidine rings is 1. The summed E-state index contributed by atoms with van der Waals surface area (Å²) in [5, 5.41) is 2.98. The zero-order chi connectivity index (χ0) is 23.0. The Kier molecular flexibility index (Phi) is 8.95. The Morgan fingerprint density at radius 3 is 2.53 bits per heavy atom. The van der Waals surface area contributed by atoms with Crippen molar-refractivity contribution < 1.29 is 13.2 Å². The number of benzene rings is 1. The Bertz CT molecular complexity index is 990. The number of carbonyl (C=O) groups is 1. The fourth-order valence-corrected chi connectivity index (χ4v) is 6.04. The van der Waals surface area contributed by atoms with E-state index in [4.69, 9.17) is 0 Å². The zero-order valence-electron chi connectivity index (χ0n) is 18.8. The van der Waals surface area contributed by atoms with E-state index in [-0.39, 0.29) is 16.6 Å². The molecular weight excluding hydrogens is 444 g/mol.